The van der Waals surface area contributed by atoms with Crippen molar-refractivity contribution < 1.29 is 0 Å². The molecule has 0 N–H and O–H groups in total. The summed E-state index contributed by atoms with van der Waals surface area (Å²) in [7, 11) is 0. The van der Waals surface area contributed by atoms with Crippen LogP contribution in [0.4, 0.5) is 0 Å². The van der Waals surface area contributed by atoms with E-state index < -0.39 is 0 Å². The van der Waals surface area contributed by atoms with Gasteiger partial charge in [0.1, 0.15) is 0 Å². The van der Waals surface area contributed by atoms with Gasteiger partial charge < -0.3 is 0 Å². The maximum atomic E-state index is 2.42. The Morgan fingerprint density at radius 3 is 1.54 bits per heavy atom. The van der Waals surface area contributed by atoms with Crippen molar-refractivity contribution in [3.05, 3.63) is 144 Å². The molecule has 39 heavy (non-hydrogen) atoms. The van der Waals surface area contributed by atoms with Crippen molar-refractivity contribution in [3.63, 3.8) is 0 Å². The highest BCUT2D eigenvalue weighted by atomic mass is 14.2. The second-order valence-corrected chi connectivity index (χ2v) is 10.7. The first-order valence-corrected chi connectivity index (χ1v) is 13.7. The molecule has 0 saturated heterocycles. The monoisotopic (exact) mass is 498 g/mol. The topological polar surface area (TPSA) is 0 Å². The van der Waals surface area contributed by atoms with Gasteiger partial charge in [0, 0.05) is 0 Å². The molecule has 0 aliphatic rings. The molecular weight excluding hydrogens is 468 g/mol. The summed E-state index contributed by atoms with van der Waals surface area (Å²) in [6.45, 7) is 6.60. The van der Waals surface area contributed by atoms with Crippen molar-refractivity contribution in [2.75, 3.05) is 0 Å². The maximum Gasteiger partial charge on any atom is -0.00198 e. The van der Waals surface area contributed by atoms with Crippen molar-refractivity contribution in [2.24, 2.45) is 0 Å². The Hall–Kier alpha value is -4.68. The minimum atomic E-state index is 1.25. The normalized spacial score (nSPS) is 11.5. The van der Waals surface area contributed by atoms with E-state index in [2.05, 4.69) is 148 Å². The molecule has 0 radical (unpaired) electrons. The average molecular weight is 499 g/mol. The summed E-state index contributed by atoms with van der Waals surface area (Å²) in [5, 5.41) is 7.78. The van der Waals surface area contributed by atoms with E-state index in [1.807, 2.05) is 0 Å². The van der Waals surface area contributed by atoms with Crippen molar-refractivity contribution >= 4 is 32.3 Å². The highest BCUT2D eigenvalue weighted by Crippen LogP contribution is 2.47. The molecule has 7 aromatic carbocycles. The molecule has 0 saturated carbocycles. The Balaban J connectivity index is 1.67. The number of hydrogen-bond acceptors (Lipinski definition) is 0. The highest BCUT2D eigenvalue weighted by molar-refractivity contribution is 6.24. The van der Waals surface area contributed by atoms with Gasteiger partial charge in [-0.3, -0.25) is 0 Å². The molecule has 0 aliphatic carbocycles. The summed E-state index contributed by atoms with van der Waals surface area (Å²) < 4.78 is 0. The summed E-state index contributed by atoms with van der Waals surface area (Å²) in [5.41, 5.74) is 11.6. The first-order valence-electron chi connectivity index (χ1n) is 13.7. The molecule has 0 spiro atoms. The Kier molecular flexibility index (Phi) is 5.56. The quantitative estimate of drug-likeness (QED) is 0.213. The van der Waals surface area contributed by atoms with E-state index in [0.717, 1.165) is 0 Å². The lowest BCUT2D eigenvalue weighted by Gasteiger charge is -2.21. The van der Waals surface area contributed by atoms with Gasteiger partial charge >= 0.3 is 0 Å². The Morgan fingerprint density at radius 1 is 0.385 bits per heavy atom. The van der Waals surface area contributed by atoms with E-state index in [0.29, 0.717) is 0 Å². The summed E-state index contributed by atoms with van der Waals surface area (Å²) in [6.07, 6.45) is 0. The second kappa shape index (κ2) is 9.26. The number of rotatable bonds is 3. The largest absolute Gasteiger partial charge is 0.0620 e. The number of aryl methyl sites for hydroxylation is 3. The average Bonchev–Trinajstić information content (AvgIpc) is 2.96. The van der Waals surface area contributed by atoms with Crippen molar-refractivity contribution in [3.8, 4) is 33.4 Å². The lowest BCUT2D eigenvalue weighted by molar-refractivity contribution is 1.47. The van der Waals surface area contributed by atoms with E-state index in [-0.39, 0.29) is 0 Å². The number of benzene rings is 7. The molecule has 0 heterocycles. The third-order valence-corrected chi connectivity index (χ3v) is 8.19. The van der Waals surface area contributed by atoms with Crippen LogP contribution in [0.5, 0.6) is 0 Å². The van der Waals surface area contributed by atoms with Crippen LogP contribution < -0.4 is 0 Å². The van der Waals surface area contributed by atoms with Gasteiger partial charge in [-0.1, -0.05) is 121 Å². The third-order valence-electron chi connectivity index (χ3n) is 8.19. The first kappa shape index (κ1) is 23.4. The van der Waals surface area contributed by atoms with Crippen molar-refractivity contribution in [2.45, 2.75) is 20.8 Å². The Labute approximate surface area is 230 Å². The maximum absolute atomic E-state index is 2.42. The summed E-state index contributed by atoms with van der Waals surface area (Å²) >= 11 is 0. The lowest BCUT2D eigenvalue weighted by atomic mass is 9.82. The smallest absolute Gasteiger partial charge is 0.00198 e. The van der Waals surface area contributed by atoms with Gasteiger partial charge in [-0.15, -0.1) is 0 Å². The summed E-state index contributed by atoms with van der Waals surface area (Å²) in [4.78, 5) is 0. The minimum Gasteiger partial charge on any atom is -0.0620 e. The molecule has 7 rings (SSSR count). The van der Waals surface area contributed by atoms with Gasteiger partial charge in [0.15, 0.2) is 0 Å². The van der Waals surface area contributed by atoms with Gasteiger partial charge in [-0.2, -0.15) is 0 Å². The predicted octanol–water partition coefficient (Wildman–Crippen LogP) is 11.1. The fourth-order valence-electron chi connectivity index (χ4n) is 6.29. The van der Waals surface area contributed by atoms with Crippen LogP contribution in [-0.2, 0) is 0 Å². The molecule has 0 nitrogen and oxygen atoms in total. The van der Waals surface area contributed by atoms with Gasteiger partial charge in [0.25, 0.3) is 0 Å². The number of hydrogen-bond donors (Lipinski definition) is 0. The minimum absolute atomic E-state index is 1.25. The third kappa shape index (κ3) is 3.83. The van der Waals surface area contributed by atoms with E-state index >= 15 is 0 Å². The van der Waals surface area contributed by atoms with Crippen LogP contribution in [0.25, 0.3) is 65.7 Å². The molecule has 0 bridgehead atoms. The first-order chi connectivity index (χ1) is 19.1. The van der Waals surface area contributed by atoms with Crippen LogP contribution >= 0.6 is 0 Å². The summed E-state index contributed by atoms with van der Waals surface area (Å²) in [5.74, 6) is 0. The van der Waals surface area contributed by atoms with Crippen LogP contribution in [0.1, 0.15) is 16.7 Å². The molecule has 0 fully saturated rings. The van der Waals surface area contributed by atoms with Crippen molar-refractivity contribution in [1.29, 1.82) is 0 Å². The lowest BCUT2D eigenvalue weighted by Crippen LogP contribution is -1.94. The van der Waals surface area contributed by atoms with Gasteiger partial charge in [-0.25, -0.2) is 0 Å². The van der Waals surface area contributed by atoms with Crippen LogP contribution in [0.15, 0.2) is 127 Å². The second-order valence-electron chi connectivity index (χ2n) is 10.7. The molecule has 0 aliphatic heterocycles. The van der Waals surface area contributed by atoms with Crippen LogP contribution in [-0.4, -0.2) is 0 Å². The Morgan fingerprint density at radius 2 is 0.923 bits per heavy atom. The van der Waals surface area contributed by atoms with E-state index in [4.69, 9.17) is 0 Å². The molecular formula is C39H30. The fourth-order valence-corrected chi connectivity index (χ4v) is 6.29. The van der Waals surface area contributed by atoms with Crippen LogP contribution in [0.3, 0.4) is 0 Å². The van der Waals surface area contributed by atoms with Crippen LogP contribution in [0, 0.1) is 20.8 Å². The van der Waals surface area contributed by atoms with E-state index in [1.165, 1.54) is 82.4 Å². The number of fused-ring (bicyclic) bond motifs is 3. The van der Waals surface area contributed by atoms with E-state index in [1.54, 1.807) is 0 Å². The molecule has 7 aromatic rings. The fraction of sp³-hybridized carbons (Fsp3) is 0.0769. The highest BCUT2D eigenvalue weighted by Gasteiger charge is 2.20. The van der Waals surface area contributed by atoms with Crippen LogP contribution in [0.2, 0.25) is 0 Å². The van der Waals surface area contributed by atoms with E-state index in [9.17, 15) is 0 Å². The zero-order chi connectivity index (χ0) is 26.5. The van der Waals surface area contributed by atoms with Gasteiger partial charge in [0.05, 0.1) is 0 Å². The molecule has 0 unspecified atom stereocenters. The molecule has 186 valence electrons. The zero-order valence-electron chi connectivity index (χ0n) is 22.6. The summed E-state index contributed by atoms with van der Waals surface area (Å²) in [6, 6.07) is 47.0. The Bertz CT molecular complexity index is 1970. The molecule has 0 heteroatoms. The SMILES string of the molecule is Cc1ccc(-c2cc(-c3c4ccccc4c(-c4ccccc4C)c4ccccc34)c3c(C)cccc3c2)cc1. The standard InChI is InChI=1S/C39H30/c1-25-19-21-28(22-20-25)30-23-29-13-10-12-27(3)37(29)36(24-30)39-34-17-8-6-15-32(34)38(31-14-5-4-11-26(31)2)33-16-7-9-18-35(33)39/h4-24H,1-3H3. The molecule has 0 amide bonds. The predicted molar refractivity (Wildman–Crippen MR) is 169 cm³/mol. The zero-order valence-corrected chi connectivity index (χ0v) is 22.6. The van der Waals surface area contributed by atoms with Crippen molar-refractivity contribution in [1.82, 2.24) is 0 Å². The van der Waals surface area contributed by atoms with Gasteiger partial charge in [-0.05, 0) is 110 Å². The molecule has 0 atom stereocenters. The molecule has 0 aromatic heterocycles. The van der Waals surface area contributed by atoms with Gasteiger partial charge in [0.2, 0.25) is 0 Å².